The summed E-state index contributed by atoms with van der Waals surface area (Å²) in [6.45, 7) is -5.55. The fourth-order valence-electron chi connectivity index (χ4n) is 1.15. The van der Waals surface area contributed by atoms with Gasteiger partial charge in [0.05, 0.1) is 12.7 Å². The average molecular weight is 272 g/mol. The van der Waals surface area contributed by atoms with E-state index in [1.807, 2.05) is 0 Å². The molecule has 0 atom stereocenters. The van der Waals surface area contributed by atoms with Crippen LogP contribution in [0.2, 0.25) is 0 Å². The molecule has 0 bridgehead atoms. The molecule has 1 rings (SSSR count). The molecule has 0 aliphatic rings. The number of hydrogen-bond donors (Lipinski definition) is 0. The molecular weight excluding hydrogens is 267 g/mol. The van der Waals surface area contributed by atoms with E-state index in [2.05, 4.69) is 9.72 Å². The summed E-state index contributed by atoms with van der Waals surface area (Å²) in [4.78, 5) is 13.7. The van der Waals surface area contributed by atoms with Crippen molar-refractivity contribution < 1.29 is 35.6 Å². The van der Waals surface area contributed by atoms with E-state index >= 15 is 0 Å². The van der Waals surface area contributed by atoms with E-state index in [9.17, 15) is 30.9 Å². The first kappa shape index (κ1) is 14.3. The highest BCUT2D eigenvalue weighted by molar-refractivity contribution is 6.73. The van der Waals surface area contributed by atoms with E-state index in [0.29, 0.717) is 0 Å². The minimum absolute atomic E-state index is 0.0370. The van der Waals surface area contributed by atoms with Crippen LogP contribution in [0.5, 0.6) is 0 Å². The number of hydrogen-bond acceptors (Lipinski definition) is 3. The molecule has 1 aromatic rings. The van der Waals surface area contributed by atoms with Crippen molar-refractivity contribution in [3.63, 3.8) is 0 Å². The molecule has 0 saturated heterocycles. The molecule has 0 aliphatic heterocycles. The van der Waals surface area contributed by atoms with Gasteiger partial charge in [-0.25, -0.2) is 4.79 Å². The van der Waals surface area contributed by atoms with Crippen LogP contribution in [0.25, 0.3) is 0 Å². The minimum atomic E-state index is -5.55. The minimum Gasteiger partial charge on any atom is -0.465 e. The molecule has 100 valence electrons. The Morgan fingerprint density at radius 3 is 2.28 bits per heavy atom. The lowest BCUT2D eigenvalue weighted by molar-refractivity contribution is -0.141. The maximum atomic E-state index is 12.4. The summed E-state index contributed by atoms with van der Waals surface area (Å²) in [6.07, 6.45) is -5.00. The van der Waals surface area contributed by atoms with Crippen molar-refractivity contribution in [3.8, 4) is 0 Å². The molecule has 0 N–H and O–H groups in total. The molecule has 0 amide bonds. The number of halogens is 6. The zero-order chi connectivity index (χ0) is 14.1. The fraction of sp³-hybridized carbons (Fsp3) is 0.250. The van der Waals surface area contributed by atoms with Crippen LogP contribution in [0.3, 0.4) is 0 Å². The number of nitrogens with zero attached hydrogens (tertiary/aromatic N) is 1. The monoisotopic (exact) mass is 272 g/mol. The molecule has 10 heteroatoms. The third kappa shape index (κ3) is 2.93. The average Bonchev–Trinajstić information content (AvgIpc) is 2.24. The first-order chi connectivity index (χ1) is 8.07. The number of pyridine rings is 1. The fourth-order valence-corrected chi connectivity index (χ4v) is 1.15. The second-order valence-corrected chi connectivity index (χ2v) is 3.23. The van der Waals surface area contributed by atoms with E-state index in [0.717, 1.165) is 7.11 Å². The van der Waals surface area contributed by atoms with Gasteiger partial charge in [0, 0.05) is 6.20 Å². The Morgan fingerprint density at radius 2 is 1.89 bits per heavy atom. The first-order valence-corrected chi connectivity index (χ1v) is 4.42. The number of rotatable bonds is 2. The van der Waals surface area contributed by atoms with E-state index in [1.54, 1.807) is 0 Å². The predicted octanol–water partition coefficient (Wildman–Crippen LogP) is 1.94. The lowest BCUT2D eigenvalue weighted by Crippen LogP contribution is -2.36. The summed E-state index contributed by atoms with van der Waals surface area (Å²) < 4.78 is 78.3. The standard InChI is InChI=1S/C8H5BF6NO2/c1-18-7(17)5-2-4(9(13,14)15)3-16-6(5)8(10,11)12/h2-3H,1H3/q-1. The second kappa shape index (κ2) is 4.50. The van der Waals surface area contributed by atoms with Crippen molar-refractivity contribution in [2.75, 3.05) is 7.11 Å². The molecule has 0 fully saturated rings. The highest BCUT2D eigenvalue weighted by atomic mass is 19.4. The summed E-state index contributed by atoms with van der Waals surface area (Å²) in [5, 5.41) is 0. The summed E-state index contributed by atoms with van der Waals surface area (Å²) in [7, 11) is 0.758. The Hall–Kier alpha value is -1.74. The van der Waals surface area contributed by atoms with E-state index in [1.165, 1.54) is 0 Å². The summed E-state index contributed by atoms with van der Waals surface area (Å²) in [6, 6.07) is 0.0850. The maximum absolute atomic E-state index is 12.4. The van der Waals surface area contributed by atoms with Crippen LogP contribution >= 0.6 is 0 Å². The lowest BCUT2D eigenvalue weighted by Gasteiger charge is -2.17. The van der Waals surface area contributed by atoms with Gasteiger partial charge < -0.3 is 17.7 Å². The van der Waals surface area contributed by atoms with Crippen LogP contribution in [0.15, 0.2) is 12.3 Å². The predicted molar refractivity (Wildman–Crippen MR) is 49.3 cm³/mol. The van der Waals surface area contributed by atoms with Crippen molar-refractivity contribution in [1.29, 1.82) is 0 Å². The van der Waals surface area contributed by atoms with Crippen molar-refractivity contribution in [2.24, 2.45) is 0 Å². The third-order valence-electron chi connectivity index (χ3n) is 1.96. The topological polar surface area (TPSA) is 39.2 Å². The van der Waals surface area contributed by atoms with Gasteiger partial charge in [0.1, 0.15) is 0 Å². The molecule has 0 spiro atoms. The normalized spacial score (nSPS) is 12.4. The Balaban J connectivity index is 3.44. The summed E-state index contributed by atoms with van der Waals surface area (Å²) in [5.41, 5.74) is -4.37. The van der Waals surface area contributed by atoms with Gasteiger partial charge in [-0.3, -0.25) is 4.98 Å². The van der Waals surface area contributed by atoms with Crippen LogP contribution in [0.1, 0.15) is 16.1 Å². The van der Waals surface area contributed by atoms with Gasteiger partial charge >= 0.3 is 19.1 Å². The van der Waals surface area contributed by atoms with Crippen molar-refractivity contribution in [3.05, 3.63) is 23.5 Å². The number of methoxy groups -OCH3 is 1. The van der Waals surface area contributed by atoms with Crippen LogP contribution in [0.4, 0.5) is 26.1 Å². The molecule has 0 radical (unpaired) electrons. The molecular formula is C8H5BF6NO2-. The molecule has 0 aliphatic carbocycles. The van der Waals surface area contributed by atoms with Crippen molar-refractivity contribution in [2.45, 2.75) is 6.18 Å². The Labute approximate surface area is 96.8 Å². The molecule has 0 saturated carbocycles. The quantitative estimate of drug-likeness (QED) is 0.469. The SMILES string of the molecule is COC(=O)c1cc([B-](F)(F)F)cnc1C(F)(F)F. The van der Waals surface area contributed by atoms with E-state index in [4.69, 9.17) is 0 Å². The number of carbonyl (C=O) groups excluding carboxylic acids is 1. The molecule has 1 heterocycles. The molecule has 18 heavy (non-hydrogen) atoms. The third-order valence-corrected chi connectivity index (χ3v) is 1.96. The largest absolute Gasteiger partial charge is 0.511 e. The van der Waals surface area contributed by atoms with Crippen molar-refractivity contribution in [1.82, 2.24) is 4.98 Å². The van der Waals surface area contributed by atoms with Gasteiger partial charge in [0.25, 0.3) is 0 Å². The van der Waals surface area contributed by atoms with Gasteiger partial charge in [-0.15, -0.1) is 0 Å². The number of ether oxygens (including phenoxy) is 1. The van der Waals surface area contributed by atoms with E-state index < -0.39 is 35.8 Å². The second-order valence-electron chi connectivity index (χ2n) is 3.23. The zero-order valence-electron chi connectivity index (χ0n) is 8.76. The summed E-state index contributed by atoms with van der Waals surface area (Å²) in [5.74, 6) is -1.53. The zero-order valence-corrected chi connectivity index (χ0v) is 8.76. The Kier molecular flexibility index (Phi) is 3.58. The number of alkyl halides is 3. The van der Waals surface area contributed by atoms with Crippen LogP contribution in [-0.4, -0.2) is 25.0 Å². The Morgan fingerprint density at radius 1 is 1.33 bits per heavy atom. The summed E-state index contributed by atoms with van der Waals surface area (Å²) >= 11 is 0. The number of carbonyl (C=O) groups is 1. The first-order valence-electron chi connectivity index (χ1n) is 4.42. The van der Waals surface area contributed by atoms with E-state index in [-0.39, 0.29) is 12.3 Å². The van der Waals surface area contributed by atoms with Gasteiger partial charge in [-0.1, -0.05) is 11.5 Å². The van der Waals surface area contributed by atoms with Crippen LogP contribution < -0.4 is 5.46 Å². The molecule has 0 aromatic carbocycles. The lowest BCUT2D eigenvalue weighted by atomic mass is 9.80. The highest BCUT2D eigenvalue weighted by Crippen LogP contribution is 2.30. The Bertz CT molecular complexity index is 470. The van der Waals surface area contributed by atoms with Gasteiger partial charge in [-0.05, 0) is 0 Å². The molecule has 1 aromatic heterocycles. The van der Waals surface area contributed by atoms with Gasteiger partial charge in [0.15, 0.2) is 5.69 Å². The maximum Gasteiger partial charge on any atom is 0.511 e. The van der Waals surface area contributed by atoms with Crippen LogP contribution in [0, 0.1) is 0 Å². The van der Waals surface area contributed by atoms with Crippen molar-refractivity contribution >= 4 is 18.4 Å². The van der Waals surface area contributed by atoms with Crippen LogP contribution in [-0.2, 0) is 10.9 Å². The number of aromatic nitrogens is 1. The highest BCUT2D eigenvalue weighted by Gasteiger charge is 2.39. The smallest absolute Gasteiger partial charge is 0.465 e. The van der Waals surface area contributed by atoms with Gasteiger partial charge in [-0.2, -0.15) is 13.2 Å². The van der Waals surface area contributed by atoms with Gasteiger partial charge in [0.2, 0.25) is 0 Å². The molecule has 3 nitrogen and oxygen atoms in total. The number of esters is 1. The molecule has 0 unspecified atom stereocenters.